The summed E-state index contributed by atoms with van der Waals surface area (Å²) < 4.78 is 0. The van der Waals surface area contributed by atoms with E-state index in [0.717, 1.165) is 16.7 Å². The second-order valence-corrected chi connectivity index (χ2v) is 7.46. The molecule has 1 aliphatic rings. The molecule has 5 rings (SSSR count). The molecule has 0 radical (unpaired) electrons. The highest BCUT2D eigenvalue weighted by atomic mass is 14.2. The fraction of sp³-hybridized carbons (Fsp3) is 0.0323. The third-order valence-electron chi connectivity index (χ3n) is 5.45. The molecular weight excluding hydrogens is 372 g/mol. The lowest BCUT2D eigenvalue weighted by atomic mass is 9.88. The van der Waals surface area contributed by atoms with Crippen LogP contribution in [-0.4, -0.2) is 0 Å². The number of benzene rings is 4. The van der Waals surface area contributed by atoms with Crippen molar-refractivity contribution in [2.45, 2.75) is 5.92 Å². The Bertz CT molecular complexity index is 1330. The van der Waals surface area contributed by atoms with Crippen LogP contribution in [0.3, 0.4) is 0 Å². The van der Waals surface area contributed by atoms with Crippen LogP contribution in [0.1, 0.15) is 44.9 Å². The third kappa shape index (κ3) is 4.06. The SMILES string of the molecule is C(#Cc1ccccc1C#CC1c2ccccc2C=Cc2ccccc21)c1ccccc1. The van der Waals surface area contributed by atoms with E-state index in [0.29, 0.717) is 0 Å². The lowest BCUT2D eigenvalue weighted by Gasteiger charge is -2.14. The van der Waals surface area contributed by atoms with Crippen LogP contribution in [0.25, 0.3) is 12.2 Å². The summed E-state index contributed by atoms with van der Waals surface area (Å²) in [5.74, 6) is 13.6. The predicted octanol–water partition coefficient (Wildman–Crippen LogP) is 6.75. The van der Waals surface area contributed by atoms with Gasteiger partial charge in [0.15, 0.2) is 0 Å². The Morgan fingerprint density at radius 1 is 0.452 bits per heavy atom. The number of rotatable bonds is 0. The van der Waals surface area contributed by atoms with Crippen LogP contribution < -0.4 is 0 Å². The molecule has 144 valence electrons. The van der Waals surface area contributed by atoms with E-state index in [2.05, 4.69) is 90.4 Å². The maximum Gasteiger partial charge on any atom is 0.0717 e. The zero-order valence-corrected chi connectivity index (χ0v) is 17.0. The Labute approximate surface area is 183 Å². The molecule has 0 heterocycles. The Morgan fingerprint density at radius 2 is 0.968 bits per heavy atom. The standard InChI is InChI=1S/C31H20/c1-2-10-24(11-3-1)18-19-25-12-4-5-13-26(25)22-23-31-29-16-8-6-14-27(29)20-21-28-15-7-9-17-30(28)31/h1-17,20-21,31H. The molecule has 0 aliphatic heterocycles. The van der Waals surface area contributed by atoms with Gasteiger partial charge in [-0.3, -0.25) is 0 Å². The minimum absolute atomic E-state index is 0.0116. The molecule has 4 aromatic rings. The van der Waals surface area contributed by atoms with Crippen molar-refractivity contribution >= 4 is 12.2 Å². The van der Waals surface area contributed by atoms with E-state index < -0.39 is 0 Å². The molecule has 4 aromatic carbocycles. The predicted molar refractivity (Wildman–Crippen MR) is 129 cm³/mol. The normalized spacial score (nSPS) is 11.7. The van der Waals surface area contributed by atoms with Gasteiger partial charge in [0, 0.05) is 16.7 Å². The topological polar surface area (TPSA) is 0 Å². The smallest absolute Gasteiger partial charge is 0.0717 e. The average molecular weight is 393 g/mol. The molecule has 0 nitrogen and oxygen atoms in total. The highest BCUT2D eigenvalue weighted by Crippen LogP contribution is 2.34. The molecular formula is C31H20. The van der Waals surface area contributed by atoms with E-state index in [-0.39, 0.29) is 5.92 Å². The highest BCUT2D eigenvalue weighted by molar-refractivity contribution is 5.77. The van der Waals surface area contributed by atoms with Crippen molar-refractivity contribution in [1.82, 2.24) is 0 Å². The molecule has 0 fully saturated rings. The third-order valence-corrected chi connectivity index (χ3v) is 5.45. The van der Waals surface area contributed by atoms with Gasteiger partial charge in [-0.25, -0.2) is 0 Å². The Hall–Kier alpha value is -4.26. The van der Waals surface area contributed by atoms with Crippen LogP contribution in [-0.2, 0) is 0 Å². The number of fused-ring (bicyclic) bond motifs is 2. The van der Waals surface area contributed by atoms with E-state index in [9.17, 15) is 0 Å². The van der Waals surface area contributed by atoms with Crippen molar-refractivity contribution in [1.29, 1.82) is 0 Å². The highest BCUT2D eigenvalue weighted by Gasteiger charge is 2.19. The number of hydrogen-bond acceptors (Lipinski definition) is 0. The van der Waals surface area contributed by atoms with E-state index in [1.165, 1.54) is 22.3 Å². The first-order valence-corrected chi connectivity index (χ1v) is 10.4. The van der Waals surface area contributed by atoms with E-state index in [1.54, 1.807) is 0 Å². The van der Waals surface area contributed by atoms with Gasteiger partial charge >= 0.3 is 0 Å². The summed E-state index contributed by atoms with van der Waals surface area (Å²) >= 11 is 0. The monoisotopic (exact) mass is 392 g/mol. The van der Waals surface area contributed by atoms with E-state index in [4.69, 9.17) is 0 Å². The van der Waals surface area contributed by atoms with Crippen LogP contribution in [0.15, 0.2) is 103 Å². The van der Waals surface area contributed by atoms with Crippen LogP contribution in [0, 0.1) is 23.7 Å². The molecule has 0 saturated heterocycles. The zero-order chi connectivity index (χ0) is 20.9. The van der Waals surface area contributed by atoms with Crippen LogP contribution >= 0.6 is 0 Å². The molecule has 0 amide bonds. The van der Waals surface area contributed by atoms with Crippen molar-refractivity contribution in [3.05, 3.63) is 142 Å². The van der Waals surface area contributed by atoms with Gasteiger partial charge in [0.05, 0.1) is 5.92 Å². The first-order chi connectivity index (χ1) is 15.4. The molecule has 0 saturated carbocycles. The molecule has 1 aliphatic carbocycles. The molecule has 0 atom stereocenters. The Balaban J connectivity index is 1.58. The van der Waals surface area contributed by atoms with Gasteiger partial charge in [0.2, 0.25) is 0 Å². The minimum atomic E-state index is 0.0116. The first-order valence-electron chi connectivity index (χ1n) is 10.4. The molecule has 0 spiro atoms. The molecule has 0 heteroatoms. The Kier molecular flexibility index (Phi) is 5.22. The van der Waals surface area contributed by atoms with Gasteiger partial charge in [-0.05, 0) is 46.5 Å². The van der Waals surface area contributed by atoms with Gasteiger partial charge < -0.3 is 0 Å². The van der Waals surface area contributed by atoms with Crippen molar-refractivity contribution in [3.63, 3.8) is 0 Å². The summed E-state index contributed by atoms with van der Waals surface area (Å²) in [7, 11) is 0. The van der Waals surface area contributed by atoms with Crippen molar-refractivity contribution < 1.29 is 0 Å². The molecule has 0 bridgehead atoms. The van der Waals surface area contributed by atoms with Crippen molar-refractivity contribution in [3.8, 4) is 23.7 Å². The summed E-state index contributed by atoms with van der Waals surface area (Å²) in [5, 5.41) is 0. The molecule has 0 unspecified atom stereocenters. The molecule has 31 heavy (non-hydrogen) atoms. The van der Waals surface area contributed by atoms with Gasteiger partial charge in [0.1, 0.15) is 0 Å². The summed E-state index contributed by atoms with van der Waals surface area (Å²) in [6, 6.07) is 35.2. The van der Waals surface area contributed by atoms with Crippen LogP contribution in [0.2, 0.25) is 0 Å². The number of hydrogen-bond donors (Lipinski definition) is 0. The van der Waals surface area contributed by atoms with Crippen LogP contribution in [0.5, 0.6) is 0 Å². The van der Waals surface area contributed by atoms with Gasteiger partial charge in [0.25, 0.3) is 0 Å². The second-order valence-electron chi connectivity index (χ2n) is 7.46. The summed E-state index contributed by atoms with van der Waals surface area (Å²) in [6.07, 6.45) is 4.38. The summed E-state index contributed by atoms with van der Waals surface area (Å²) in [6.45, 7) is 0. The first kappa shape index (κ1) is 18.7. The van der Waals surface area contributed by atoms with E-state index >= 15 is 0 Å². The van der Waals surface area contributed by atoms with Gasteiger partial charge in [-0.1, -0.05) is 115 Å². The molecule has 0 N–H and O–H groups in total. The largest absolute Gasteiger partial charge is 0.0847 e. The fourth-order valence-corrected chi connectivity index (χ4v) is 3.87. The van der Waals surface area contributed by atoms with Crippen molar-refractivity contribution in [2.75, 3.05) is 0 Å². The second kappa shape index (κ2) is 8.62. The average Bonchev–Trinajstić information content (AvgIpc) is 2.99. The lowest BCUT2D eigenvalue weighted by molar-refractivity contribution is 1.06. The minimum Gasteiger partial charge on any atom is -0.0847 e. The zero-order valence-electron chi connectivity index (χ0n) is 17.0. The maximum absolute atomic E-state index is 3.57. The molecule has 0 aromatic heterocycles. The van der Waals surface area contributed by atoms with Crippen LogP contribution in [0.4, 0.5) is 0 Å². The van der Waals surface area contributed by atoms with E-state index in [1.807, 2.05) is 48.5 Å². The maximum atomic E-state index is 3.57. The summed E-state index contributed by atoms with van der Waals surface area (Å²) in [4.78, 5) is 0. The van der Waals surface area contributed by atoms with Gasteiger partial charge in [-0.15, -0.1) is 0 Å². The fourth-order valence-electron chi connectivity index (χ4n) is 3.87. The Morgan fingerprint density at radius 3 is 1.61 bits per heavy atom. The van der Waals surface area contributed by atoms with Crippen molar-refractivity contribution in [2.24, 2.45) is 0 Å². The quantitative estimate of drug-likeness (QED) is 0.290. The summed E-state index contributed by atoms with van der Waals surface area (Å²) in [5.41, 5.74) is 7.83. The van der Waals surface area contributed by atoms with Gasteiger partial charge in [-0.2, -0.15) is 0 Å². The lowest BCUT2D eigenvalue weighted by Crippen LogP contribution is -2.01.